The minimum atomic E-state index is -0.412. The highest BCUT2D eigenvalue weighted by Crippen LogP contribution is 2.34. The molecule has 1 saturated heterocycles. The first-order valence-electron chi connectivity index (χ1n) is 7.73. The summed E-state index contributed by atoms with van der Waals surface area (Å²) in [4.78, 5) is 26.4. The molecule has 1 atom stereocenters. The molecule has 1 fully saturated rings. The van der Waals surface area contributed by atoms with E-state index >= 15 is 0 Å². The van der Waals surface area contributed by atoms with Crippen LogP contribution in [0.4, 0.5) is 11.5 Å². The maximum atomic E-state index is 12.4. The average Bonchev–Trinajstić information content (AvgIpc) is 3.13. The van der Waals surface area contributed by atoms with Crippen molar-refractivity contribution in [2.75, 3.05) is 23.9 Å². The maximum Gasteiger partial charge on any atom is 0.231 e. The standard InChI is InChI=1S/C17H20N4O3/c1-11-4-5-14(24-3)13(8-11)21-10-12(9-16(21)22)17(23)18-15-6-7-20(2)19-15/h4-8,12H,9-10H2,1-3H3,(H,18,19,23). The van der Waals surface area contributed by atoms with Crippen LogP contribution in [0.15, 0.2) is 30.5 Å². The number of nitrogens with one attached hydrogen (secondary N) is 1. The van der Waals surface area contributed by atoms with E-state index in [0.29, 0.717) is 23.8 Å². The molecule has 0 aliphatic carbocycles. The third kappa shape index (κ3) is 3.10. The van der Waals surface area contributed by atoms with Crippen molar-refractivity contribution < 1.29 is 14.3 Å². The summed E-state index contributed by atoms with van der Waals surface area (Å²) in [6, 6.07) is 7.37. The maximum absolute atomic E-state index is 12.4. The summed E-state index contributed by atoms with van der Waals surface area (Å²) < 4.78 is 6.96. The van der Waals surface area contributed by atoms with Crippen molar-refractivity contribution >= 4 is 23.3 Å². The molecule has 1 unspecified atom stereocenters. The van der Waals surface area contributed by atoms with E-state index in [0.717, 1.165) is 5.56 Å². The van der Waals surface area contributed by atoms with Crippen LogP contribution in [0.25, 0.3) is 0 Å². The van der Waals surface area contributed by atoms with Gasteiger partial charge in [0.25, 0.3) is 0 Å². The summed E-state index contributed by atoms with van der Waals surface area (Å²) in [6.45, 7) is 2.28. The molecule has 0 saturated carbocycles. The van der Waals surface area contributed by atoms with E-state index in [1.165, 1.54) is 0 Å². The molecule has 2 aromatic rings. The van der Waals surface area contributed by atoms with Gasteiger partial charge in [0, 0.05) is 32.3 Å². The van der Waals surface area contributed by atoms with Crippen LogP contribution in [-0.4, -0.2) is 35.2 Å². The molecule has 0 radical (unpaired) electrons. The number of aromatic nitrogens is 2. The highest BCUT2D eigenvalue weighted by Gasteiger charge is 2.36. The van der Waals surface area contributed by atoms with Gasteiger partial charge in [0.2, 0.25) is 11.8 Å². The Bertz CT molecular complexity index is 784. The molecule has 1 N–H and O–H groups in total. The number of hydrogen-bond acceptors (Lipinski definition) is 4. The number of ether oxygens (including phenoxy) is 1. The third-order valence-electron chi connectivity index (χ3n) is 4.09. The predicted octanol–water partition coefficient (Wildman–Crippen LogP) is 1.73. The minimum absolute atomic E-state index is 0.0833. The first-order valence-corrected chi connectivity index (χ1v) is 7.73. The summed E-state index contributed by atoms with van der Waals surface area (Å²) in [5.41, 5.74) is 1.73. The molecule has 3 rings (SSSR count). The minimum Gasteiger partial charge on any atom is -0.495 e. The van der Waals surface area contributed by atoms with Crippen LogP contribution in [0.1, 0.15) is 12.0 Å². The number of anilines is 2. The van der Waals surface area contributed by atoms with Gasteiger partial charge in [-0.3, -0.25) is 14.3 Å². The molecule has 1 aromatic heterocycles. The lowest BCUT2D eigenvalue weighted by Gasteiger charge is -2.20. The van der Waals surface area contributed by atoms with Gasteiger partial charge >= 0.3 is 0 Å². The topological polar surface area (TPSA) is 76.5 Å². The third-order valence-corrected chi connectivity index (χ3v) is 4.09. The second-order valence-electron chi connectivity index (χ2n) is 5.94. The second kappa shape index (κ2) is 6.35. The first kappa shape index (κ1) is 16.0. The molecule has 2 heterocycles. The van der Waals surface area contributed by atoms with Crippen LogP contribution in [0.5, 0.6) is 5.75 Å². The lowest BCUT2D eigenvalue weighted by molar-refractivity contribution is -0.122. The number of carbonyl (C=O) groups is 2. The van der Waals surface area contributed by atoms with Gasteiger partial charge in [0.05, 0.1) is 18.7 Å². The Balaban J connectivity index is 1.76. The van der Waals surface area contributed by atoms with Gasteiger partial charge in [-0.25, -0.2) is 0 Å². The lowest BCUT2D eigenvalue weighted by atomic mass is 10.1. The van der Waals surface area contributed by atoms with Crippen LogP contribution in [0.2, 0.25) is 0 Å². The van der Waals surface area contributed by atoms with E-state index in [4.69, 9.17) is 4.74 Å². The Morgan fingerprint density at radius 2 is 2.17 bits per heavy atom. The first-order chi connectivity index (χ1) is 11.5. The summed E-state index contributed by atoms with van der Waals surface area (Å²) in [6.07, 6.45) is 1.93. The number of benzene rings is 1. The Labute approximate surface area is 140 Å². The SMILES string of the molecule is COc1ccc(C)cc1N1CC(C(=O)Nc2ccn(C)n2)CC1=O. The average molecular weight is 328 g/mol. The zero-order valence-corrected chi connectivity index (χ0v) is 13.9. The molecule has 0 bridgehead atoms. The van der Waals surface area contributed by atoms with Gasteiger partial charge in [-0.1, -0.05) is 6.07 Å². The molecular formula is C17H20N4O3. The van der Waals surface area contributed by atoms with Crippen LogP contribution >= 0.6 is 0 Å². The molecule has 24 heavy (non-hydrogen) atoms. The van der Waals surface area contributed by atoms with E-state index in [9.17, 15) is 9.59 Å². The fourth-order valence-corrected chi connectivity index (χ4v) is 2.84. The lowest BCUT2D eigenvalue weighted by Crippen LogP contribution is -2.28. The normalized spacial score (nSPS) is 17.2. The number of rotatable bonds is 4. The van der Waals surface area contributed by atoms with E-state index in [2.05, 4.69) is 10.4 Å². The smallest absolute Gasteiger partial charge is 0.231 e. The molecule has 1 aliphatic rings. The Morgan fingerprint density at radius 1 is 1.38 bits per heavy atom. The zero-order valence-electron chi connectivity index (χ0n) is 13.9. The van der Waals surface area contributed by atoms with Crippen molar-refractivity contribution in [3.8, 4) is 5.75 Å². The molecule has 7 heteroatoms. The van der Waals surface area contributed by atoms with Crippen molar-refractivity contribution in [3.05, 3.63) is 36.0 Å². The highest BCUT2D eigenvalue weighted by molar-refractivity contribution is 6.04. The highest BCUT2D eigenvalue weighted by atomic mass is 16.5. The number of methoxy groups -OCH3 is 1. The number of hydrogen-bond donors (Lipinski definition) is 1. The van der Waals surface area contributed by atoms with Gasteiger partial charge in [0.1, 0.15) is 5.75 Å². The van der Waals surface area contributed by atoms with Crippen LogP contribution in [-0.2, 0) is 16.6 Å². The molecular weight excluding hydrogens is 308 g/mol. The fourth-order valence-electron chi connectivity index (χ4n) is 2.84. The second-order valence-corrected chi connectivity index (χ2v) is 5.94. The number of aryl methyl sites for hydroxylation is 2. The van der Waals surface area contributed by atoms with Crippen molar-refractivity contribution in [1.29, 1.82) is 0 Å². The Hall–Kier alpha value is -2.83. The zero-order chi connectivity index (χ0) is 17.3. The predicted molar refractivity (Wildman–Crippen MR) is 90.0 cm³/mol. The fraction of sp³-hybridized carbons (Fsp3) is 0.353. The van der Waals surface area contributed by atoms with Crippen molar-refractivity contribution in [3.63, 3.8) is 0 Å². The van der Waals surface area contributed by atoms with Crippen LogP contribution in [0.3, 0.4) is 0 Å². The van der Waals surface area contributed by atoms with Crippen LogP contribution < -0.4 is 15.0 Å². The van der Waals surface area contributed by atoms with E-state index < -0.39 is 5.92 Å². The van der Waals surface area contributed by atoms with Crippen molar-refractivity contribution in [2.45, 2.75) is 13.3 Å². The molecule has 1 aliphatic heterocycles. The van der Waals surface area contributed by atoms with Gasteiger partial charge in [0.15, 0.2) is 5.82 Å². The van der Waals surface area contributed by atoms with Crippen molar-refractivity contribution in [2.24, 2.45) is 13.0 Å². The van der Waals surface area contributed by atoms with Crippen LogP contribution in [0, 0.1) is 12.8 Å². The summed E-state index contributed by atoms with van der Waals surface area (Å²) >= 11 is 0. The largest absolute Gasteiger partial charge is 0.495 e. The Morgan fingerprint density at radius 3 is 2.83 bits per heavy atom. The molecule has 2 amide bonds. The number of nitrogens with zero attached hydrogens (tertiary/aromatic N) is 3. The quantitative estimate of drug-likeness (QED) is 0.927. The molecule has 1 aromatic carbocycles. The van der Waals surface area contributed by atoms with Gasteiger partial charge in [-0.05, 0) is 24.6 Å². The summed E-state index contributed by atoms with van der Waals surface area (Å²) in [7, 11) is 3.35. The number of carbonyl (C=O) groups excluding carboxylic acids is 2. The van der Waals surface area contributed by atoms with Crippen molar-refractivity contribution in [1.82, 2.24) is 9.78 Å². The molecule has 126 valence electrons. The number of amides is 2. The molecule has 0 spiro atoms. The molecule has 7 nitrogen and oxygen atoms in total. The van der Waals surface area contributed by atoms with Gasteiger partial charge in [-0.15, -0.1) is 0 Å². The van der Waals surface area contributed by atoms with Gasteiger partial charge < -0.3 is 15.0 Å². The summed E-state index contributed by atoms with van der Waals surface area (Å²) in [5, 5.41) is 6.88. The Kier molecular flexibility index (Phi) is 4.24. The monoisotopic (exact) mass is 328 g/mol. The van der Waals surface area contributed by atoms with E-state index in [1.807, 2.05) is 25.1 Å². The van der Waals surface area contributed by atoms with E-state index in [-0.39, 0.29) is 18.2 Å². The summed E-state index contributed by atoms with van der Waals surface area (Å²) in [5.74, 6) is 0.419. The van der Waals surface area contributed by atoms with E-state index in [1.54, 1.807) is 36.0 Å². The van der Waals surface area contributed by atoms with Gasteiger partial charge in [-0.2, -0.15) is 5.10 Å².